The van der Waals surface area contributed by atoms with Crippen molar-refractivity contribution in [1.29, 1.82) is 5.26 Å². The number of hydrogen-bond acceptors (Lipinski definition) is 6. The largest absolute Gasteiger partial charge is 0.299 e. The number of pyridine rings is 1. The quantitative estimate of drug-likeness (QED) is 0.788. The Morgan fingerprint density at radius 2 is 2.12 bits per heavy atom. The predicted molar refractivity (Wildman–Crippen MR) is 98.5 cm³/mol. The zero-order chi connectivity index (χ0) is 18.2. The maximum Gasteiger partial charge on any atom is 0.272 e. The molecule has 1 aliphatic heterocycles. The van der Waals surface area contributed by atoms with Gasteiger partial charge in [0.25, 0.3) is 5.56 Å². The zero-order valence-electron chi connectivity index (χ0n) is 14.9. The van der Waals surface area contributed by atoms with Crippen molar-refractivity contribution in [3.63, 3.8) is 0 Å². The summed E-state index contributed by atoms with van der Waals surface area (Å²) in [5.41, 5.74) is 1.66. The van der Waals surface area contributed by atoms with Crippen LogP contribution in [-0.2, 0) is 12.1 Å². The van der Waals surface area contributed by atoms with Crippen molar-refractivity contribution in [3.05, 3.63) is 39.9 Å². The number of aromatic nitrogens is 3. The molecule has 3 rings (SSSR count). The molecule has 0 unspecified atom stereocenters. The van der Waals surface area contributed by atoms with Crippen molar-refractivity contribution in [3.8, 4) is 17.3 Å². The number of rotatable bonds is 3. The maximum absolute atomic E-state index is 12.6. The lowest BCUT2D eigenvalue weighted by atomic mass is 9.97. The van der Waals surface area contributed by atoms with Crippen LogP contribution in [0.3, 0.4) is 0 Å². The smallest absolute Gasteiger partial charge is 0.272 e. The minimum atomic E-state index is -0.257. The number of nitriles is 1. The van der Waals surface area contributed by atoms with Crippen molar-refractivity contribution in [2.24, 2.45) is 0 Å². The average molecular weight is 355 g/mol. The van der Waals surface area contributed by atoms with Crippen LogP contribution in [0.4, 0.5) is 0 Å². The highest BCUT2D eigenvalue weighted by Gasteiger charge is 2.25. The number of fused-ring (bicyclic) bond motifs is 1. The van der Waals surface area contributed by atoms with E-state index < -0.39 is 0 Å². The highest BCUT2D eigenvalue weighted by Crippen LogP contribution is 2.28. The van der Waals surface area contributed by atoms with E-state index in [1.54, 1.807) is 22.5 Å². The topological polar surface area (TPSA) is 74.8 Å². The standard InChI is InChI=1S/C18H21N5OS/c1-18(2,22(3)4)14-7-6-12(11-20-14)15-13(10-19)16(24)23-8-5-9-25-17(23)21-15/h6-7,11H,5,8-9H2,1-4H3. The fourth-order valence-electron chi connectivity index (χ4n) is 2.66. The molecule has 2 aromatic heterocycles. The first-order valence-electron chi connectivity index (χ1n) is 8.18. The van der Waals surface area contributed by atoms with Gasteiger partial charge >= 0.3 is 0 Å². The van der Waals surface area contributed by atoms with E-state index >= 15 is 0 Å². The van der Waals surface area contributed by atoms with Crippen LogP contribution < -0.4 is 5.56 Å². The molecule has 130 valence electrons. The van der Waals surface area contributed by atoms with Crippen LogP contribution in [0.2, 0.25) is 0 Å². The van der Waals surface area contributed by atoms with E-state index in [1.165, 1.54) is 0 Å². The van der Waals surface area contributed by atoms with Gasteiger partial charge in [-0.05, 0) is 46.5 Å². The summed E-state index contributed by atoms with van der Waals surface area (Å²) in [4.78, 5) is 23.9. The summed E-state index contributed by atoms with van der Waals surface area (Å²) in [5.74, 6) is 0.937. The number of nitrogens with zero attached hydrogens (tertiary/aromatic N) is 5. The van der Waals surface area contributed by atoms with Gasteiger partial charge in [-0.25, -0.2) is 4.98 Å². The molecule has 2 aromatic rings. The maximum atomic E-state index is 12.6. The molecule has 0 radical (unpaired) electrons. The van der Waals surface area contributed by atoms with Crippen molar-refractivity contribution in [1.82, 2.24) is 19.4 Å². The van der Waals surface area contributed by atoms with Crippen LogP contribution in [0.1, 0.15) is 31.5 Å². The molecule has 0 spiro atoms. The Kier molecular flexibility index (Phi) is 4.67. The predicted octanol–water partition coefficient (Wildman–Crippen LogP) is 2.47. The summed E-state index contributed by atoms with van der Waals surface area (Å²) in [6.45, 7) is 4.81. The fourth-order valence-corrected chi connectivity index (χ4v) is 3.61. The molecule has 7 heteroatoms. The lowest BCUT2D eigenvalue weighted by molar-refractivity contribution is 0.192. The Morgan fingerprint density at radius 3 is 2.72 bits per heavy atom. The summed E-state index contributed by atoms with van der Waals surface area (Å²) in [6, 6.07) is 5.86. The first-order valence-corrected chi connectivity index (χ1v) is 9.17. The molecule has 0 saturated carbocycles. The third-order valence-corrected chi connectivity index (χ3v) is 5.85. The molecule has 0 aromatic carbocycles. The lowest BCUT2D eigenvalue weighted by Crippen LogP contribution is -2.36. The molecule has 0 fully saturated rings. The van der Waals surface area contributed by atoms with Gasteiger partial charge in [-0.2, -0.15) is 5.26 Å². The Bertz CT molecular complexity index is 893. The van der Waals surface area contributed by atoms with Crippen LogP contribution in [0.15, 0.2) is 28.3 Å². The molecule has 0 amide bonds. The highest BCUT2D eigenvalue weighted by atomic mass is 32.2. The monoisotopic (exact) mass is 355 g/mol. The van der Waals surface area contributed by atoms with Gasteiger partial charge < -0.3 is 0 Å². The minimum absolute atomic E-state index is 0.0904. The molecule has 0 N–H and O–H groups in total. The normalized spacial score (nSPS) is 14.2. The Labute approximate surface area is 151 Å². The zero-order valence-corrected chi connectivity index (χ0v) is 15.7. The van der Waals surface area contributed by atoms with Gasteiger partial charge in [0.1, 0.15) is 11.6 Å². The second-order valence-electron chi connectivity index (χ2n) is 6.77. The third kappa shape index (κ3) is 3.08. The van der Waals surface area contributed by atoms with E-state index in [0.717, 1.165) is 17.9 Å². The molecular weight excluding hydrogens is 334 g/mol. The Hall–Kier alpha value is -2.17. The minimum Gasteiger partial charge on any atom is -0.299 e. The molecule has 0 aliphatic carbocycles. The van der Waals surface area contributed by atoms with E-state index in [0.29, 0.717) is 23.0 Å². The van der Waals surface area contributed by atoms with Gasteiger partial charge in [0.05, 0.1) is 16.9 Å². The van der Waals surface area contributed by atoms with E-state index in [4.69, 9.17) is 0 Å². The molecule has 0 saturated heterocycles. The highest BCUT2D eigenvalue weighted by molar-refractivity contribution is 7.99. The van der Waals surface area contributed by atoms with Crippen LogP contribution in [0.25, 0.3) is 11.3 Å². The van der Waals surface area contributed by atoms with Crippen LogP contribution >= 0.6 is 11.8 Å². The molecule has 6 nitrogen and oxygen atoms in total. The second-order valence-corrected chi connectivity index (χ2v) is 7.84. The van der Waals surface area contributed by atoms with Gasteiger partial charge in [-0.15, -0.1) is 0 Å². The molecule has 25 heavy (non-hydrogen) atoms. The molecule has 1 aliphatic rings. The van der Waals surface area contributed by atoms with Gasteiger partial charge in [-0.1, -0.05) is 11.8 Å². The van der Waals surface area contributed by atoms with E-state index in [9.17, 15) is 10.1 Å². The van der Waals surface area contributed by atoms with Crippen LogP contribution in [0, 0.1) is 11.3 Å². The Balaban J connectivity index is 2.10. The van der Waals surface area contributed by atoms with E-state index in [2.05, 4.69) is 28.7 Å². The van der Waals surface area contributed by atoms with Crippen LogP contribution in [-0.4, -0.2) is 39.3 Å². The summed E-state index contributed by atoms with van der Waals surface area (Å²) in [5, 5.41) is 10.2. The Morgan fingerprint density at radius 1 is 1.36 bits per heavy atom. The van der Waals surface area contributed by atoms with E-state index in [-0.39, 0.29) is 16.7 Å². The summed E-state index contributed by atoms with van der Waals surface area (Å²) in [7, 11) is 4.01. The van der Waals surface area contributed by atoms with Crippen molar-refractivity contribution < 1.29 is 0 Å². The number of thioether (sulfide) groups is 1. The summed E-state index contributed by atoms with van der Waals surface area (Å²) < 4.78 is 1.60. The van der Waals surface area contributed by atoms with Crippen molar-refractivity contribution in [2.75, 3.05) is 19.8 Å². The number of hydrogen-bond donors (Lipinski definition) is 0. The summed E-state index contributed by atoms with van der Waals surface area (Å²) in [6.07, 6.45) is 2.62. The van der Waals surface area contributed by atoms with Crippen LogP contribution in [0.5, 0.6) is 0 Å². The molecule has 3 heterocycles. The molecule has 0 bridgehead atoms. The first-order chi connectivity index (χ1) is 11.9. The average Bonchev–Trinajstić information content (AvgIpc) is 2.61. The van der Waals surface area contributed by atoms with Crippen molar-refractivity contribution >= 4 is 11.8 Å². The third-order valence-electron chi connectivity index (χ3n) is 4.78. The van der Waals surface area contributed by atoms with Gasteiger partial charge in [0, 0.05) is 24.1 Å². The SMILES string of the molecule is CN(C)C(C)(C)c1ccc(-c2nc3n(c(=O)c2C#N)CCCS3)cn1. The second kappa shape index (κ2) is 6.62. The lowest BCUT2D eigenvalue weighted by Gasteiger charge is -2.32. The van der Waals surface area contributed by atoms with Gasteiger partial charge in [0.2, 0.25) is 0 Å². The molecule has 0 atom stereocenters. The molecular formula is C18H21N5OS. The van der Waals surface area contributed by atoms with Gasteiger partial charge in [-0.3, -0.25) is 19.2 Å². The van der Waals surface area contributed by atoms with E-state index in [1.807, 2.05) is 32.3 Å². The summed E-state index contributed by atoms with van der Waals surface area (Å²) >= 11 is 1.56. The first kappa shape index (κ1) is 17.6. The van der Waals surface area contributed by atoms with Gasteiger partial charge in [0.15, 0.2) is 5.16 Å². The van der Waals surface area contributed by atoms with Crippen molar-refractivity contribution in [2.45, 2.75) is 37.5 Å². The fraction of sp³-hybridized carbons (Fsp3) is 0.444.